The van der Waals surface area contributed by atoms with E-state index in [-0.39, 0.29) is 5.82 Å². The first kappa shape index (κ1) is 12.4. The molecule has 0 saturated carbocycles. The maximum absolute atomic E-state index is 13.2. The van der Waals surface area contributed by atoms with Gasteiger partial charge in [0.25, 0.3) is 0 Å². The standard InChI is InChI=1S/C14H15FN2O/c1-10-3-11(5-12(15)4-10)7-17-13-6-14(18-2)9-16-8-13/h3-6,8-9,17H,7H2,1-2H3. The molecule has 94 valence electrons. The molecule has 0 bridgehead atoms. The number of nitrogens with zero attached hydrogens (tertiary/aromatic N) is 1. The van der Waals surface area contributed by atoms with E-state index in [9.17, 15) is 4.39 Å². The lowest BCUT2D eigenvalue weighted by atomic mass is 10.1. The third-order valence-electron chi connectivity index (χ3n) is 2.55. The molecule has 3 nitrogen and oxygen atoms in total. The summed E-state index contributed by atoms with van der Waals surface area (Å²) in [7, 11) is 1.59. The molecule has 0 radical (unpaired) electrons. The molecule has 0 spiro atoms. The summed E-state index contributed by atoms with van der Waals surface area (Å²) in [6, 6.07) is 6.83. The summed E-state index contributed by atoms with van der Waals surface area (Å²) in [5.74, 6) is 0.478. The summed E-state index contributed by atoms with van der Waals surface area (Å²) in [6.45, 7) is 2.42. The van der Waals surface area contributed by atoms with E-state index in [1.165, 1.54) is 12.1 Å². The average molecular weight is 246 g/mol. The van der Waals surface area contributed by atoms with Gasteiger partial charge in [-0.2, -0.15) is 0 Å². The molecule has 2 aromatic rings. The Morgan fingerprint density at radius 1 is 1.22 bits per heavy atom. The molecule has 0 aliphatic heterocycles. The van der Waals surface area contributed by atoms with E-state index in [1.807, 2.05) is 19.1 Å². The SMILES string of the molecule is COc1cncc(NCc2cc(C)cc(F)c2)c1. The quantitative estimate of drug-likeness (QED) is 0.899. The van der Waals surface area contributed by atoms with Crippen molar-refractivity contribution in [3.63, 3.8) is 0 Å². The highest BCUT2D eigenvalue weighted by Crippen LogP contribution is 2.16. The molecule has 0 amide bonds. The number of nitrogens with one attached hydrogen (secondary N) is 1. The minimum absolute atomic E-state index is 0.212. The lowest BCUT2D eigenvalue weighted by Crippen LogP contribution is -2.01. The fourth-order valence-corrected chi connectivity index (χ4v) is 1.75. The highest BCUT2D eigenvalue weighted by molar-refractivity contribution is 5.45. The number of pyridine rings is 1. The van der Waals surface area contributed by atoms with Crippen LogP contribution in [0.3, 0.4) is 0 Å². The van der Waals surface area contributed by atoms with Crippen molar-refractivity contribution in [3.8, 4) is 5.75 Å². The molecule has 1 aromatic carbocycles. The minimum Gasteiger partial charge on any atom is -0.495 e. The van der Waals surface area contributed by atoms with E-state index >= 15 is 0 Å². The van der Waals surface area contributed by atoms with Crippen LogP contribution >= 0.6 is 0 Å². The van der Waals surface area contributed by atoms with Gasteiger partial charge in [0.15, 0.2) is 0 Å². The van der Waals surface area contributed by atoms with Crippen molar-refractivity contribution >= 4 is 5.69 Å². The molecule has 1 aromatic heterocycles. The van der Waals surface area contributed by atoms with Crippen LogP contribution in [-0.4, -0.2) is 12.1 Å². The van der Waals surface area contributed by atoms with Gasteiger partial charge in [0.1, 0.15) is 11.6 Å². The first-order valence-corrected chi connectivity index (χ1v) is 5.66. The molecule has 1 N–H and O–H groups in total. The predicted octanol–water partition coefficient (Wildman–Crippen LogP) is 3.15. The van der Waals surface area contributed by atoms with E-state index in [0.717, 1.165) is 16.8 Å². The van der Waals surface area contributed by atoms with Crippen molar-refractivity contribution in [2.45, 2.75) is 13.5 Å². The van der Waals surface area contributed by atoms with Crippen LogP contribution in [0.4, 0.5) is 10.1 Å². The molecule has 0 unspecified atom stereocenters. The zero-order valence-electron chi connectivity index (χ0n) is 10.4. The fourth-order valence-electron chi connectivity index (χ4n) is 1.75. The lowest BCUT2D eigenvalue weighted by Gasteiger charge is -2.08. The van der Waals surface area contributed by atoms with Gasteiger partial charge in [0.05, 0.1) is 25.2 Å². The Morgan fingerprint density at radius 3 is 2.78 bits per heavy atom. The van der Waals surface area contributed by atoms with Gasteiger partial charge in [-0.25, -0.2) is 4.39 Å². The van der Waals surface area contributed by atoms with Crippen molar-refractivity contribution in [2.24, 2.45) is 0 Å². The number of rotatable bonds is 4. The monoisotopic (exact) mass is 246 g/mol. The van der Waals surface area contributed by atoms with Crippen molar-refractivity contribution in [3.05, 3.63) is 53.6 Å². The van der Waals surface area contributed by atoms with Gasteiger partial charge >= 0.3 is 0 Å². The zero-order chi connectivity index (χ0) is 13.0. The number of ether oxygens (including phenoxy) is 1. The normalized spacial score (nSPS) is 10.2. The van der Waals surface area contributed by atoms with Crippen molar-refractivity contribution in [1.29, 1.82) is 0 Å². The summed E-state index contributed by atoms with van der Waals surface area (Å²) >= 11 is 0. The number of aryl methyl sites for hydroxylation is 1. The number of hydrogen-bond acceptors (Lipinski definition) is 3. The molecule has 0 atom stereocenters. The number of methoxy groups -OCH3 is 1. The summed E-state index contributed by atoms with van der Waals surface area (Å²) in [6.07, 6.45) is 3.34. The van der Waals surface area contributed by atoms with E-state index < -0.39 is 0 Å². The summed E-state index contributed by atoms with van der Waals surface area (Å²) in [4.78, 5) is 4.04. The molecule has 0 saturated heterocycles. The van der Waals surface area contributed by atoms with Gasteiger partial charge in [0.2, 0.25) is 0 Å². The van der Waals surface area contributed by atoms with Gasteiger partial charge in [-0.3, -0.25) is 4.98 Å². The predicted molar refractivity (Wildman–Crippen MR) is 69.3 cm³/mol. The van der Waals surface area contributed by atoms with Crippen molar-refractivity contribution in [1.82, 2.24) is 4.98 Å². The second-order valence-corrected chi connectivity index (χ2v) is 4.10. The maximum atomic E-state index is 13.2. The van der Waals surface area contributed by atoms with E-state index in [0.29, 0.717) is 12.3 Å². The first-order valence-electron chi connectivity index (χ1n) is 5.66. The van der Waals surface area contributed by atoms with Crippen LogP contribution in [0.1, 0.15) is 11.1 Å². The highest BCUT2D eigenvalue weighted by Gasteiger charge is 2.00. The van der Waals surface area contributed by atoms with Gasteiger partial charge < -0.3 is 10.1 Å². The molecule has 4 heteroatoms. The summed E-state index contributed by atoms with van der Waals surface area (Å²) in [5.41, 5.74) is 2.65. The number of hydrogen-bond donors (Lipinski definition) is 1. The Hall–Kier alpha value is -2.10. The van der Waals surface area contributed by atoms with Crippen LogP contribution in [0.2, 0.25) is 0 Å². The van der Waals surface area contributed by atoms with Crippen molar-refractivity contribution in [2.75, 3.05) is 12.4 Å². The average Bonchev–Trinajstić information content (AvgIpc) is 2.35. The van der Waals surface area contributed by atoms with Crippen LogP contribution in [0.15, 0.2) is 36.7 Å². The van der Waals surface area contributed by atoms with Gasteiger partial charge in [-0.15, -0.1) is 0 Å². The fraction of sp³-hybridized carbons (Fsp3) is 0.214. The number of benzene rings is 1. The molecule has 0 fully saturated rings. The van der Waals surface area contributed by atoms with Gasteiger partial charge in [-0.1, -0.05) is 6.07 Å². The molecular weight excluding hydrogens is 231 g/mol. The van der Waals surface area contributed by atoms with Crippen LogP contribution < -0.4 is 10.1 Å². The second kappa shape index (κ2) is 5.49. The Kier molecular flexibility index (Phi) is 3.77. The molecule has 18 heavy (non-hydrogen) atoms. The first-order chi connectivity index (χ1) is 8.67. The lowest BCUT2D eigenvalue weighted by molar-refractivity contribution is 0.413. The third-order valence-corrected chi connectivity index (χ3v) is 2.55. The third kappa shape index (κ3) is 3.20. The van der Waals surface area contributed by atoms with E-state index in [4.69, 9.17) is 4.74 Å². The molecule has 2 rings (SSSR count). The summed E-state index contributed by atoms with van der Waals surface area (Å²) in [5, 5.41) is 3.18. The second-order valence-electron chi connectivity index (χ2n) is 4.10. The summed E-state index contributed by atoms with van der Waals surface area (Å²) < 4.78 is 18.3. The Bertz CT molecular complexity index is 523. The minimum atomic E-state index is -0.212. The highest BCUT2D eigenvalue weighted by atomic mass is 19.1. The van der Waals surface area contributed by atoms with E-state index in [2.05, 4.69) is 10.3 Å². The van der Waals surface area contributed by atoms with E-state index in [1.54, 1.807) is 19.5 Å². The van der Waals surface area contributed by atoms with Crippen LogP contribution in [0.5, 0.6) is 5.75 Å². The van der Waals surface area contributed by atoms with Crippen LogP contribution in [-0.2, 0) is 6.54 Å². The van der Waals surface area contributed by atoms with Crippen LogP contribution in [0, 0.1) is 12.7 Å². The van der Waals surface area contributed by atoms with Crippen LogP contribution in [0.25, 0.3) is 0 Å². The molecule has 0 aliphatic carbocycles. The Labute approximate surface area is 106 Å². The molecule has 1 heterocycles. The topological polar surface area (TPSA) is 34.1 Å². The Balaban J connectivity index is 2.06. The smallest absolute Gasteiger partial charge is 0.139 e. The number of aromatic nitrogens is 1. The van der Waals surface area contributed by atoms with Gasteiger partial charge in [-0.05, 0) is 30.2 Å². The largest absolute Gasteiger partial charge is 0.495 e. The number of anilines is 1. The van der Waals surface area contributed by atoms with Gasteiger partial charge in [0, 0.05) is 12.6 Å². The van der Waals surface area contributed by atoms with Crippen molar-refractivity contribution < 1.29 is 9.13 Å². The molecule has 0 aliphatic rings. The molecular formula is C14H15FN2O. The zero-order valence-corrected chi connectivity index (χ0v) is 10.4. The maximum Gasteiger partial charge on any atom is 0.139 e. The number of halogens is 1. The Morgan fingerprint density at radius 2 is 2.06 bits per heavy atom.